The van der Waals surface area contributed by atoms with Crippen molar-refractivity contribution in [1.82, 2.24) is 0 Å². The monoisotopic (exact) mass is 251 g/mol. The number of ether oxygens (including phenoxy) is 1. The van der Waals surface area contributed by atoms with E-state index < -0.39 is 0 Å². The van der Waals surface area contributed by atoms with E-state index in [2.05, 4.69) is 34.5 Å². The number of benzene rings is 1. The van der Waals surface area contributed by atoms with Crippen molar-refractivity contribution < 1.29 is 4.74 Å². The minimum atomic E-state index is 0.658. The van der Waals surface area contributed by atoms with E-state index in [1.165, 1.54) is 5.69 Å². The summed E-state index contributed by atoms with van der Waals surface area (Å²) in [6.07, 6.45) is 0. The fourth-order valence-electron chi connectivity index (χ4n) is 1.83. The lowest BCUT2D eigenvalue weighted by atomic mass is 10.2. The van der Waals surface area contributed by atoms with Crippen LogP contribution in [0.3, 0.4) is 0 Å². The third-order valence-corrected chi connectivity index (χ3v) is 2.72. The second kappa shape index (κ2) is 8.78. The second-order valence-electron chi connectivity index (χ2n) is 3.86. The van der Waals surface area contributed by atoms with E-state index in [0.29, 0.717) is 6.54 Å². The van der Waals surface area contributed by atoms with E-state index in [1.807, 2.05) is 13.8 Å². The highest BCUT2D eigenvalue weighted by molar-refractivity contribution is 5.55. The van der Waals surface area contributed by atoms with Crippen LogP contribution in [-0.2, 0) is 4.74 Å². The first-order chi connectivity index (χ1) is 8.90. The van der Waals surface area contributed by atoms with Crippen molar-refractivity contribution >= 4 is 11.4 Å². The first kappa shape index (κ1) is 14.8. The summed E-state index contributed by atoms with van der Waals surface area (Å²) >= 11 is 0. The van der Waals surface area contributed by atoms with Crippen LogP contribution in [0.15, 0.2) is 24.3 Å². The molecule has 0 saturated carbocycles. The predicted octanol–water partition coefficient (Wildman–Crippen LogP) is 1.92. The van der Waals surface area contributed by atoms with Crippen LogP contribution in [-0.4, -0.2) is 39.4 Å². The zero-order chi connectivity index (χ0) is 13.2. The van der Waals surface area contributed by atoms with Gasteiger partial charge >= 0.3 is 0 Å². The van der Waals surface area contributed by atoms with Gasteiger partial charge in [-0.15, -0.1) is 0 Å². The quantitative estimate of drug-likeness (QED) is 0.858. The summed E-state index contributed by atoms with van der Waals surface area (Å²) in [4.78, 5) is 2.34. The number of nitrogens with one attached hydrogen (secondary N) is 1. The molecule has 1 fully saturated rings. The molecule has 4 nitrogen and oxygen atoms in total. The Morgan fingerprint density at radius 2 is 1.78 bits per heavy atom. The lowest BCUT2D eigenvalue weighted by Crippen LogP contribution is -2.36. The Balaban J connectivity index is 0.000000771. The lowest BCUT2D eigenvalue weighted by molar-refractivity contribution is 0.122. The molecule has 0 spiro atoms. The number of nitrogens with zero attached hydrogens (tertiary/aromatic N) is 1. The van der Waals surface area contributed by atoms with Gasteiger partial charge in [0.05, 0.1) is 13.2 Å². The Labute approximate surface area is 110 Å². The highest BCUT2D eigenvalue weighted by atomic mass is 16.5. The summed E-state index contributed by atoms with van der Waals surface area (Å²) in [5.41, 5.74) is 7.83. The fraction of sp³-hybridized carbons (Fsp3) is 0.571. The summed E-state index contributed by atoms with van der Waals surface area (Å²) in [5.74, 6) is 0. The molecule has 0 unspecified atom stereocenters. The van der Waals surface area contributed by atoms with E-state index >= 15 is 0 Å². The summed E-state index contributed by atoms with van der Waals surface area (Å²) in [5, 5.41) is 3.26. The van der Waals surface area contributed by atoms with Crippen LogP contribution in [0.1, 0.15) is 13.8 Å². The predicted molar refractivity (Wildman–Crippen MR) is 78.4 cm³/mol. The van der Waals surface area contributed by atoms with Gasteiger partial charge in [0.25, 0.3) is 0 Å². The Hall–Kier alpha value is -1.26. The van der Waals surface area contributed by atoms with Gasteiger partial charge in [0.2, 0.25) is 0 Å². The Morgan fingerprint density at radius 3 is 2.33 bits per heavy atom. The molecule has 0 radical (unpaired) electrons. The zero-order valence-electron chi connectivity index (χ0n) is 11.5. The first-order valence-electron chi connectivity index (χ1n) is 6.77. The van der Waals surface area contributed by atoms with Crippen LogP contribution in [0.25, 0.3) is 0 Å². The summed E-state index contributed by atoms with van der Waals surface area (Å²) in [6.45, 7) is 9.09. The Morgan fingerprint density at radius 1 is 1.17 bits per heavy atom. The van der Waals surface area contributed by atoms with Crippen molar-refractivity contribution in [1.29, 1.82) is 0 Å². The molecule has 0 amide bonds. The number of hydrogen-bond acceptors (Lipinski definition) is 4. The fourth-order valence-corrected chi connectivity index (χ4v) is 1.83. The third-order valence-electron chi connectivity index (χ3n) is 2.72. The molecule has 1 aliphatic rings. The highest BCUT2D eigenvalue weighted by Gasteiger charge is 2.10. The van der Waals surface area contributed by atoms with Crippen LogP contribution in [0.2, 0.25) is 0 Å². The number of morpholine rings is 1. The molecule has 2 rings (SSSR count). The third kappa shape index (κ3) is 4.55. The standard InChI is InChI=1S/C12H19N3O.C2H6/c13-5-6-14-11-1-3-12(4-2-11)15-7-9-16-10-8-15;1-2/h1-4,14H,5-10,13H2;1-2H3. The van der Waals surface area contributed by atoms with E-state index in [9.17, 15) is 0 Å². The number of nitrogens with two attached hydrogens (primary N) is 1. The van der Waals surface area contributed by atoms with Gasteiger partial charge in [-0.2, -0.15) is 0 Å². The summed E-state index contributed by atoms with van der Waals surface area (Å²) in [7, 11) is 0. The molecule has 0 aliphatic carbocycles. The molecule has 1 aromatic rings. The average molecular weight is 251 g/mol. The maximum Gasteiger partial charge on any atom is 0.0642 e. The van der Waals surface area contributed by atoms with Crippen molar-refractivity contribution in [2.75, 3.05) is 49.6 Å². The van der Waals surface area contributed by atoms with Crippen LogP contribution in [0, 0.1) is 0 Å². The smallest absolute Gasteiger partial charge is 0.0642 e. The van der Waals surface area contributed by atoms with Gasteiger partial charge < -0.3 is 20.7 Å². The van der Waals surface area contributed by atoms with E-state index in [1.54, 1.807) is 0 Å². The van der Waals surface area contributed by atoms with E-state index in [-0.39, 0.29) is 0 Å². The maximum absolute atomic E-state index is 5.44. The van der Waals surface area contributed by atoms with Gasteiger partial charge in [-0.3, -0.25) is 0 Å². The summed E-state index contributed by atoms with van der Waals surface area (Å²) in [6, 6.07) is 8.48. The van der Waals surface area contributed by atoms with Crippen molar-refractivity contribution in [2.24, 2.45) is 5.73 Å². The van der Waals surface area contributed by atoms with Crippen LogP contribution >= 0.6 is 0 Å². The molecule has 1 saturated heterocycles. The normalized spacial score (nSPS) is 14.7. The molecule has 0 atom stereocenters. The van der Waals surface area contributed by atoms with E-state index in [0.717, 1.165) is 38.5 Å². The van der Waals surface area contributed by atoms with Gasteiger partial charge in [-0.05, 0) is 24.3 Å². The number of rotatable bonds is 4. The molecule has 0 aromatic heterocycles. The van der Waals surface area contributed by atoms with Gasteiger partial charge in [0.15, 0.2) is 0 Å². The van der Waals surface area contributed by atoms with Crippen molar-refractivity contribution in [2.45, 2.75) is 13.8 Å². The van der Waals surface area contributed by atoms with Crippen LogP contribution in [0.5, 0.6) is 0 Å². The Bertz CT molecular complexity index is 307. The molecule has 4 heteroatoms. The molecule has 18 heavy (non-hydrogen) atoms. The molecular weight excluding hydrogens is 226 g/mol. The molecule has 1 heterocycles. The topological polar surface area (TPSA) is 50.5 Å². The largest absolute Gasteiger partial charge is 0.384 e. The van der Waals surface area contributed by atoms with E-state index in [4.69, 9.17) is 10.5 Å². The highest BCUT2D eigenvalue weighted by Crippen LogP contribution is 2.18. The molecule has 1 aliphatic heterocycles. The molecule has 102 valence electrons. The molecular formula is C14H25N3O. The summed E-state index contributed by atoms with van der Waals surface area (Å²) < 4.78 is 5.33. The average Bonchev–Trinajstić information content (AvgIpc) is 2.49. The van der Waals surface area contributed by atoms with Crippen molar-refractivity contribution in [3.05, 3.63) is 24.3 Å². The Kier molecular flexibility index (Phi) is 7.22. The molecule has 1 aromatic carbocycles. The SMILES string of the molecule is CC.NCCNc1ccc(N2CCOCC2)cc1. The van der Waals surface area contributed by atoms with Crippen molar-refractivity contribution in [3.8, 4) is 0 Å². The van der Waals surface area contributed by atoms with Crippen molar-refractivity contribution in [3.63, 3.8) is 0 Å². The first-order valence-corrected chi connectivity index (χ1v) is 6.77. The lowest BCUT2D eigenvalue weighted by Gasteiger charge is -2.28. The minimum Gasteiger partial charge on any atom is -0.384 e. The number of anilines is 2. The van der Waals surface area contributed by atoms with Gasteiger partial charge in [-0.1, -0.05) is 13.8 Å². The zero-order valence-corrected chi connectivity index (χ0v) is 11.5. The van der Waals surface area contributed by atoms with Crippen LogP contribution < -0.4 is 16.0 Å². The van der Waals surface area contributed by atoms with Gasteiger partial charge in [-0.25, -0.2) is 0 Å². The van der Waals surface area contributed by atoms with Gasteiger partial charge in [0, 0.05) is 37.6 Å². The second-order valence-corrected chi connectivity index (χ2v) is 3.86. The maximum atomic E-state index is 5.44. The van der Waals surface area contributed by atoms with Gasteiger partial charge in [0.1, 0.15) is 0 Å². The molecule has 3 N–H and O–H groups in total. The van der Waals surface area contributed by atoms with Crippen LogP contribution in [0.4, 0.5) is 11.4 Å². The minimum absolute atomic E-state index is 0.658. The molecule has 0 bridgehead atoms. The number of hydrogen-bond donors (Lipinski definition) is 2.